The lowest BCUT2D eigenvalue weighted by Crippen LogP contribution is -2.35. The minimum atomic E-state index is -3.60. The van der Waals surface area contributed by atoms with Crippen molar-refractivity contribution in [2.75, 3.05) is 18.8 Å². The van der Waals surface area contributed by atoms with E-state index in [2.05, 4.69) is 4.98 Å². The molecule has 0 aliphatic carbocycles. The van der Waals surface area contributed by atoms with Crippen molar-refractivity contribution in [3.63, 3.8) is 0 Å². The van der Waals surface area contributed by atoms with E-state index in [-0.39, 0.29) is 21.4 Å². The molecule has 2 aromatic carbocycles. The minimum absolute atomic E-state index is 0.139. The number of hydrogen-bond donors (Lipinski definition) is 0. The fourth-order valence-electron chi connectivity index (χ4n) is 3.28. The van der Waals surface area contributed by atoms with Crippen molar-refractivity contribution in [1.29, 1.82) is 0 Å². The first-order valence-electron chi connectivity index (χ1n) is 9.36. The maximum absolute atomic E-state index is 13.7. The quantitative estimate of drug-likeness (QED) is 0.411. The van der Waals surface area contributed by atoms with Gasteiger partial charge >= 0.3 is 0 Å². The predicted octanol–water partition coefficient (Wildman–Crippen LogP) is 4.26. The van der Waals surface area contributed by atoms with Gasteiger partial charge in [-0.1, -0.05) is 18.2 Å². The van der Waals surface area contributed by atoms with Crippen LogP contribution in [0.15, 0.2) is 50.9 Å². The Hall–Kier alpha value is -2.30. The number of oxazole rings is 1. The Morgan fingerprint density at radius 1 is 1.10 bits per heavy atom. The molecule has 0 saturated carbocycles. The standard InChI is InChI=1S/C20H18F2N2O4S2/c21-13-4-6-16(22)15(10-13)18(25)12-29-20-23-17-11-14(5-7-19(17)28-20)30(26,27)24-8-2-1-3-9-24/h4-7,10-11H,1-3,8-9,12H2. The lowest BCUT2D eigenvalue weighted by Gasteiger charge is -2.25. The number of fused-ring (bicyclic) bond motifs is 1. The molecule has 0 spiro atoms. The van der Waals surface area contributed by atoms with Crippen LogP contribution in [0.4, 0.5) is 8.78 Å². The molecule has 0 N–H and O–H groups in total. The second kappa shape index (κ2) is 8.44. The van der Waals surface area contributed by atoms with E-state index in [9.17, 15) is 22.0 Å². The molecule has 4 rings (SSSR count). The zero-order valence-electron chi connectivity index (χ0n) is 15.8. The largest absolute Gasteiger partial charge is 0.431 e. The highest BCUT2D eigenvalue weighted by molar-refractivity contribution is 7.99. The Kier molecular flexibility index (Phi) is 5.90. The summed E-state index contributed by atoms with van der Waals surface area (Å²) >= 11 is 0.929. The summed E-state index contributed by atoms with van der Waals surface area (Å²) in [7, 11) is -3.60. The van der Waals surface area contributed by atoms with Gasteiger partial charge in [0.25, 0.3) is 5.22 Å². The number of hydrogen-bond acceptors (Lipinski definition) is 6. The van der Waals surface area contributed by atoms with E-state index >= 15 is 0 Å². The first-order valence-corrected chi connectivity index (χ1v) is 11.8. The van der Waals surface area contributed by atoms with Crippen molar-refractivity contribution in [1.82, 2.24) is 9.29 Å². The van der Waals surface area contributed by atoms with Crippen LogP contribution in [0.25, 0.3) is 11.1 Å². The first kappa shape index (κ1) is 21.0. The normalized spacial score (nSPS) is 15.5. The Bertz CT molecular complexity index is 1200. The fourth-order valence-corrected chi connectivity index (χ4v) is 5.54. The Labute approximate surface area is 176 Å². The zero-order valence-corrected chi connectivity index (χ0v) is 17.4. The van der Waals surface area contributed by atoms with Crippen LogP contribution in [0.1, 0.15) is 29.6 Å². The molecular weight excluding hydrogens is 434 g/mol. The molecule has 30 heavy (non-hydrogen) atoms. The van der Waals surface area contributed by atoms with E-state index in [1.807, 2.05) is 0 Å². The average Bonchev–Trinajstić information content (AvgIpc) is 3.16. The molecule has 3 aromatic rings. The summed E-state index contributed by atoms with van der Waals surface area (Å²) in [5.74, 6) is -2.31. The molecule has 2 heterocycles. The third-order valence-corrected chi connectivity index (χ3v) is 7.57. The molecule has 0 unspecified atom stereocenters. The van der Waals surface area contributed by atoms with Gasteiger partial charge < -0.3 is 4.42 Å². The van der Waals surface area contributed by atoms with Gasteiger partial charge in [0.05, 0.1) is 16.2 Å². The lowest BCUT2D eigenvalue weighted by molar-refractivity contribution is 0.101. The Morgan fingerprint density at radius 3 is 2.63 bits per heavy atom. The van der Waals surface area contributed by atoms with E-state index in [0.717, 1.165) is 49.2 Å². The summed E-state index contributed by atoms with van der Waals surface area (Å²) in [6.07, 6.45) is 2.70. The van der Waals surface area contributed by atoms with Crippen molar-refractivity contribution >= 4 is 38.7 Å². The van der Waals surface area contributed by atoms with Crippen molar-refractivity contribution in [3.8, 4) is 0 Å². The number of ketones is 1. The van der Waals surface area contributed by atoms with Crippen molar-refractivity contribution in [2.24, 2.45) is 0 Å². The number of thioether (sulfide) groups is 1. The van der Waals surface area contributed by atoms with Crippen LogP contribution in [-0.2, 0) is 10.0 Å². The molecule has 0 bridgehead atoms. The monoisotopic (exact) mass is 452 g/mol. The fraction of sp³-hybridized carbons (Fsp3) is 0.300. The molecule has 1 aliphatic rings. The maximum Gasteiger partial charge on any atom is 0.257 e. The minimum Gasteiger partial charge on any atom is -0.431 e. The number of rotatable bonds is 6. The highest BCUT2D eigenvalue weighted by atomic mass is 32.2. The molecule has 0 atom stereocenters. The number of Topliss-reactive ketones (excluding diaryl/α,β-unsaturated/α-hetero) is 1. The number of carbonyl (C=O) groups is 1. The lowest BCUT2D eigenvalue weighted by atomic mass is 10.1. The van der Waals surface area contributed by atoms with E-state index in [4.69, 9.17) is 4.42 Å². The molecular formula is C20H18F2N2O4S2. The predicted molar refractivity (Wildman–Crippen MR) is 108 cm³/mol. The van der Waals surface area contributed by atoms with Crippen LogP contribution < -0.4 is 0 Å². The molecule has 1 aromatic heterocycles. The number of nitrogens with zero attached hydrogens (tertiary/aromatic N) is 2. The summed E-state index contributed by atoms with van der Waals surface area (Å²) < 4.78 is 59.7. The molecule has 1 aliphatic heterocycles. The van der Waals surface area contributed by atoms with E-state index in [0.29, 0.717) is 24.2 Å². The van der Waals surface area contributed by atoms with Crippen LogP contribution in [0.2, 0.25) is 0 Å². The van der Waals surface area contributed by atoms with Gasteiger partial charge in [0.15, 0.2) is 11.4 Å². The molecule has 10 heteroatoms. The summed E-state index contributed by atoms with van der Waals surface area (Å²) in [4.78, 5) is 16.6. The van der Waals surface area contributed by atoms with Gasteiger partial charge in [0, 0.05) is 13.1 Å². The summed E-state index contributed by atoms with van der Waals surface area (Å²) in [5.41, 5.74) is 0.382. The van der Waals surface area contributed by atoms with E-state index < -0.39 is 27.4 Å². The van der Waals surface area contributed by atoms with Gasteiger partial charge in [-0.05, 0) is 49.2 Å². The van der Waals surface area contributed by atoms with Gasteiger partial charge in [-0.3, -0.25) is 4.79 Å². The average molecular weight is 453 g/mol. The van der Waals surface area contributed by atoms with Crippen molar-refractivity contribution in [3.05, 3.63) is 53.6 Å². The van der Waals surface area contributed by atoms with Crippen LogP contribution in [0.5, 0.6) is 0 Å². The number of aromatic nitrogens is 1. The second-order valence-electron chi connectivity index (χ2n) is 6.91. The maximum atomic E-state index is 13.7. The second-order valence-corrected chi connectivity index (χ2v) is 9.77. The van der Waals surface area contributed by atoms with Gasteiger partial charge in [-0.2, -0.15) is 4.31 Å². The Balaban J connectivity index is 1.51. The number of halogens is 2. The number of piperidine rings is 1. The van der Waals surface area contributed by atoms with Gasteiger partial charge in [0.2, 0.25) is 10.0 Å². The third kappa shape index (κ3) is 4.26. The number of carbonyl (C=O) groups excluding carboxylic acids is 1. The first-order chi connectivity index (χ1) is 14.3. The van der Waals surface area contributed by atoms with E-state index in [1.54, 1.807) is 0 Å². The molecule has 6 nitrogen and oxygen atoms in total. The molecule has 0 radical (unpaired) electrons. The van der Waals surface area contributed by atoms with E-state index in [1.165, 1.54) is 22.5 Å². The topological polar surface area (TPSA) is 80.5 Å². The highest BCUT2D eigenvalue weighted by Gasteiger charge is 2.26. The number of sulfonamides is 1. The van der Waals surface area contributed by atoms with Crippen LogP contribution >= 0.6 is 11.8 Å². The van der Waals surface area contributed by atoms with Gasteiger partial charge in [0.1, 0.15) is 17.2 Å². The number of benzene rings is 2. The summed E-state index contributed by atoms with van der Waals surface area (Å²) in [6, 6.07) is 7.13. The summed E-state index contributed by atoms with van der Waals surface area (Å²) in [5, 5.41) is 0.141. The smallest absolute Gasteiger partial charge is 0.257 e. The SMILES string of the molecule is O=C(CSc1nc2cc(S(=O)(=O)N3CCCCC3)ccc2o1)c1cc(F)ccc1F. The molecule has 1 saturated heterocycles. The molecule has 1 fully saturated rings. The van der Waals surface area contributed by atoms with Crippen LogP contribution in [0.3, 0.4) is 0 Å². The summed E-state index contributed by atoms with van der Waals surface area (Å²) in [6.45, 7) is 0.998. The third-order valence-electron chi connectivity index (χ3n) is 4.85. The zero-order chi connectivity index (χ0) is 21.3. The van der Waals surface area contributed by atoms with Gasteiger partial charge in [-0.25, -0.2) is 22.2 Å². The van der Waals surface area contributed by atoms with Crippen molar-refractivity contribution < 1.29 is 26.4 Å². The van der Waals surface area contributed by atoms with Gasteiger partial charge in [-0.15, -0.1) is 0 Å². The van der Waals surface area contributed by atoms with Crippen LogP contribution in [-0.4, -0.2) is 42.3 Å². The highest BCUT2D eigenvalue weighted by Crippen LogP contribution is 2.28. The Morgan fingerprint density at radius 2 is 1.87 bits per heavy atom. The molecule has 158 valence electrons. The van der Waals surface area contributed by atoms with Crippen LogP contribution in [0, 0.1) is 11.6 Å². The molecule has 0 amide bonds. The van der Waals surface area contributed by atoms with Crippen molar-refractivity contribution in [2.45, 2.75) is 29.4 Å².